The minimum Gasteiger partial charge on any atom is -0.325 e. The van der Waals surface area contributed by atoms with Gasteiger partial charge in [0.05, 0.1) is 15.8 Å². The van der Waals surface area contributed by atoms with E-state index in [4.69, 9.17) is 11.6 Å². The Morgan fingerprint density at radius 2 is 1.93 bits per heavy atom. The van der Waals surface area contributed by atoms with Gasteiger partial charge in [-0.1, -0.05) is 35.5 Å². The Morgan fingerprint density at radius 1 is 1.20 bits per heavy atom. The van der Waals surface area contributed by atoms with Crippen LogP contribution in [0.25, 0.3) is 5.69 Å². The van der Waals surface area contributed by atoms with Crippen LogP contribution in [-0.4, -0.2) is 52.7 Å². The average molecular weight is 466 g/mol. The van der Waals surface area contributed by atoms with E-state index in [0.29, 0.717) is 15.9 Å². The molecular formula is C19H20ClN5O3S2. The number of hydrogen-bond donors (Lipinski definition) is 1. The van der Waals surface area contributed by atoms with Crippen molar-refractivity contribution in [2.75, 3.05) is 19.4 Å². The standard InChI is InChI=1S/C19H20ClN5O3S2/c1-13(29-19-23-21-12-25(19)16-8-4-6-14(20)10-16)18(26)22-15-7-5-9-17(11-15)30(27,28)24(2)3/h4-13H,1-3H3,(H,22,26). The van der Waals surface area contributed by atoms with Gasteiger partial charge >= 0.3 is 0 Å². The molecule has 1 aromatic heterocycles. The first-order valence-electron chi connectivity index (χ1n) is 8.84. The Kier molecular flexibility index (Phi) is 6.81. The van der Waals surface area contributed by atoms with Crippen molar-refractivity contribution >= 4 is 45.0 Å². The lowest BCUT2D eigenvalue weighted by Gasteiger charge is -2.14. The maximum absolute atomic E-state index is 12.7. The van der Waals surface area contributed by atoms with E-state index in [1.165, 1.54) is 38.0 Å². The van der Waals surface area contributed by atoms with Gasteiger partial charge in [-0.2, -0.15) is 0 Å². The summed E-state index contributed by atoms with van der Waals surface area (Å²) in [5, 5.41) is 11.4. The molecule has 0 aliphatic rings. The number of carbonyl (C=O) groups excluding carboxylic acids is 1. The fourth-order valence-corrected chi connectivity index (χ4v) is 4.48. The van der Waals surface area contributed by atoms with Gasteiger partial charge in [0.15, 0.2) is 5.16 Å². The van der Waals surface area contributed by atoms with Gasteiger partial charge in [-0.15, -0.1) is 10.2 Å². The molecule has 1 atom stereocenters. The highest BCUT2D eigenvalue weighted by atomic mass is 35.5. The normalized spacial score (nSPS) is 12.7. The zero-order valence-corrected chi connectivity index (χ0v) is 18.9. The van der Waals surface area contributed by atoms with E-state index in [1.54, 1.807) is 42.1 Å². The first kappa shape index (κ1) is 22.3. The van der Waals surface area contributed by atoms with Crippen LogP contribution in [0.4, 0.5) is 5.69 Å². The molecule has 8 nitrogen and oxygen atoms in total. The number of thioether (sulfide) groups is 1. The summed E-state index contributed by atoms with van der Waals surface area (Å²) in [5.74, 6) is -0.292. The summed E-state index contributed by atoms with van der Waals surface area (Å²) in [7, 11) is -0.684. The van der Waals surface area contributed by atoms with Crippen molar-refractivity contribution in [2.45, 2.75) is 22.2 Å². The number of anilines is 1. The van der Waals surface area contributed by atoms with E-state index < -0.39 is 15.3 Å². The van der Waals surface area contributed by atoms with Gasteiger partial charge < -0.3 is 5.32 Å². The summed E-state index contributed by atoms with van der Waals surface area (Å²) < 4.78 is 27.4. The Balaban J connectivity index is 1.74. The number of halogens is 1. The zero-order chi connectivity index (χ0) is 21.9. The largest absolute Gasteiger partial charge is 0.325 e. The highest BCUT2D eigenvalue weighted by Gasteiger charge is 2.21. The molecule has 0 radical (unpaired) electrons. The van der Waals surface area contributed by atoms with Crippen LogP contribution in [0.1, 0.15) is 6.92 Å². The van der Waals surface area contributed by atoms with Gasteiger partial charge in [0.2, 0.25) is 15.9 Å². The molecule has 11 heteroatoms. The lowest BCUT2D eigenvalue weighted by molar-refractivity contribution is -0.115. The molecule has 0 fully saturated rings. The van der Waals surface area contributed by atoms with Crippen LogP contribution in [-0.2, 0) is 14.8 Å². The zero-order valence-electron chi connectivity index (χ0n) is 16.5. The molecule has 0 aliphatic heterocycles. The van der Waals surface area contributed by atoms with Crippen molar-refractivity contribution in [3.63, 3.8) is 0 Å². The molecule has 2 aromatic carbocycles. The Labute approximate surface area is 184 Å². The maximum Gasteiger partial charge on any atom is 0.242 e. The van der Waals surface area contributed by atoms with Gasteiger partial charge in [0.25, 0.3) is 0 Å². The first-order valence-corrected chi connectivity index (χ1v) is 11.5. The van der Waals surface area contributed by atoms with Crippen LogP contribution in [0.5, 0.6) is 0 Å². The highest BCUT2D eigenvalue weighted by molar-refractivity contribution is 8.00. The van der Waals surface area contributed by atoms with Crippen LogP contribution in [0.3, 0.4) is 0 Å². The van der Waals surface area contributed by atoms with Gasteiger partial charge in [-0.25, -0.2) is 12.7 Å². The predicted octanol–water partition coefficient (Wildman–Crippen LogP) is 3.29. The Bertz CT molecular complexity index is 1160. The molecule has 30 heavy (non-hydrogen) atoms. The van der Waals surface area contributed by atoms with E-state index in [1.807, 2.05) is 12.1 Å². The molecule has 0 bridgehead atoms. The van der Waals surface area contributed by atoms with E-state index in [0.717, 1.165) is 9.99 Å². The summed E-state index contributed by atoms with van der Waals surface area (Å²) in [5.41, 5.74) is 1.18. The van der Waals surface area contributed by atoms with Gasteiger partial charge in [0, 0.05) is 24.8 Å². The summed E-state index contributed by atoms with van der Waals surface area (Å²) in [6, 6.07) is 13.4. The van der Waals surface area contributed by atoms with Crippen LogP contribution >= 0.6 is 23.4 Å². The fraction of sp³-hybridized carbons (Fsp3) is 0.211. The molecule has 0 aliphatic carbocycles. The smallest absolute Gasteiger partial charge is 0.242 e. The molecule has 1 amide bonds. The lowest BCUT2D eigenvalue weighted by atomic mass is 10.3. The molecule has 1 unspecified atom stereocenters. The van der Waals surface area contributed by atoms with Crippen LogP contribution in [0, 0.1) is 0 Å². The Hall–Kier alpha value is -2.40. The number of rotatable bonds is 7. The second-order valence-electron chi connectivity index (χ2n) is 6.53. The molecule has 0 spiro atoms. The summed E-state index contributed by atoms with van der Waals surface area (Å²) in [6.45, 7) is 1.73. The van der Waals surface area contributed by atoms with E-state index >= 15 is 0 Å². The van der Waals surface area contributed by atoms with E-state index in [2.05, 4.69) is 15.5 Å². The van der Waals surface area contributed by atoms with Crippen molar-refractivity contribution in [2.24, 2.45) is 0 Å². The quantitative estimate of drug-likeness (QED) is 0.538. The van der Waals surface area contributed by atoms with Crippen molar-refractivity contribution in [3.05, 3.63) is 59.9 Å². The van der Waals surface area contributed by atoms with Crippen molar-refractivity contribution < 1.29 is 13.2 Å². The average Bonchev–Trinajstić information content (AvgIpc) is 3.16. The van der Waals surface area contributed by atoms with Crippen LogP contribution in [0.15, 0.2) is 64.9 Å². The number of nitrogens with one attached hydrogen (secondary N) is 1. The predicted molar refractivity (Wildman–Crippen MR) is 118 cm³/mol. The number of benzene rings is 2. The molecule has 1 N–H and O–H groups in total. The second kappa shape index (κ2) is 9.17. The number of sulfonamides is 1. The van der Waals surface area contributed by atoms with Gasteiger partial charge in [-0.3, -0.25) is 9.36 Å². The molecule has 1 heterocycles. The topological polar surface area (TPSA) is 97.2 Å². The molecule has 3 rings (SSSR count). The maximum atomic E-state index is 12.7. The third kappa shape index (κ3) is 5.01. The van der Waals surface area contributed by atoms with Crippen LogP contribution in [0.2, 0.25) is 5.02 Å². The summed E-state index contributed by atoms with van der Waals surface area (Å²) in [6.07, 6.45) is 1.55. The molecule has 3 aromatic rings. The van der Waals surface area contributed by atoms with E-state index in [-0.39, 0.29) is 10.8 Å². The molecule has 0 saturated heterocycles. The van der Waals surface area contributed by atoms with Gasteiger partial charge in [-0.05, 0) is 43.3 Å². The van der Waals surface area contributed by atoms with Crippen molar-refractivity contribution in [1.29, 1.82) is 0 Å². The number of amides is 1. The van der Waals surface area contributed by atoms with E-state index in [9.17, 15) is 13.2 Å². The minimum absolute atomic E-state index is 0.103. The van der Waals surface area contributed by atoms with Gasteiger partial charge in [0.1, 0.15) is 6.33 Å². The Morgan fingerprint density at radius 3 is 2.63 bits per heavy atom. The van der Waals surface area contributed by atoms with Crippen molar-refractivity contribution in [1.82, 2.24) is 19.1 Å². The highest BCUT2D eigenvalue weighted by Crippen LogP contribution is 2.26. The lowest BCUT2D eigenvalue weighted by Crippen LogP contribution is -2.24. The first-order chi connectivity index (χ1) is 14.2. The minimum atomic E-state index is -3.59. The molecular weight excluding hydrogens is 446 g/mol. The third-order valence-corrected chi connectivity index (χ3v) is 7.24. The second-order valence-corrected chi connectivity index (χ2v) is 10.4. The monoisotopic (exact) mass is 465 g/mol. The molecule has 0 saturated carbocycles. The fourth-order valence-electron chi connectivity index (χ4n) is 2.51. The van der Waals surface area contributed by atoms with Crippen LogP contribution < -0.4 is 5.32 Å². The number of nitrogens with zero attached hydrogens (tertiary/aromatic N) is 4. The van der Waals surface area contributed by atoms with Crippen molar-refractivity contribution in [3.8, 4) is 5.69 Å². The number of carbonyl (C=O) groups is 1. The molecule has 158 valence electrons. The SMILES string of the molecule is CC(Sc1nncn1-c1cccc(Cl)c1)C(=O)Nc1cccc(S(=O)(=O)N(C)C)c1. The number of aromatic nitrogens is 3. The summed E-state index contributed by atoms with van der Waals surface area (Å²) >= 11 is 7.28. The number of hydrogen-bond acceptors (Lipinski definition) is 6. The third-order valence-electron chi connectivity index (χ3n) is 4.13. The summed E-state index contributed by atoms with van der Waals surface area (Å²) in [4.78, 5) is 12.8.